The van der Waals surface area contributed by atoms with Crippen LogP contribution in [0, 0.1) is 0 Å². The highest BCUT2D eigenvalue weighted by Gasteiger charge is 2.20. The Labute approximate surface area is 109 Å². The van der Waals surface area contributed by atoms with Gasteiger partial charge < -0.3 is 9.67 Å². The van der Waals surface area contributed by atoms with Gasteiger partial charge in [-0.25, -0.2) is 13.1 Å². The molecule has 0 radical (unpaired) electrons. The Hall–Kier alpha value is -0.850. The lowest BCUT2D eigenvalue weighted by molar-refractivity contribution is 0.272. The maximum Gasteiger partial charge on any atom is 0.242 e. The van der Waals surface area contributed by atoms with Gasteiger partial charge in [-0.15, -0.1) is 0 Å². The number of nitrogens with zero attached hydrogens (tertiary/aromatic N) is 1. The zero-order valence-corrected chi connectivity index (χ0v) is 12.0. The van der Waals surface area contributed by atoms with E-state index in [0.717, 1.165) is 19.3 Å². The summed E-state index contributed by atoms with van der Waals surface area (Å²) in [5.41, 5.74) is 0.582. The van der Waals surface area contributed by atoms with E-state index in [9.17, 15) is 8.42 Å². The van der Waals surface area contributed by atoms with Crippen molar-refractivity contribution in [3.05, 3.63) is 18.0 Å². The number of nitrogens with one attached hydrogen (secondary N) is 1. The monoisotopic (exact) mass is 274 g/mol. The van der Waals surface area contributed by atoms with Crippen LogP contribution < -0.4 is 4.72 Å². The minimum Gasteiger partial charge on any atom is -0.390 e. The van der Waals surface area contributed by atoms with Crippen LogP contribution in [0.15, 0.2) is 17.2 Å². The van der Waals surface area contributed by atoms with Crippen molar-refractivity contribution in [1.29, 1.82) is 0 Å². The third-order valence-electron chi connectivity index (χ3n) is 3.01. The minimum absolute atomic E-state index is 0.0298. The first-order chi connectivity index (χ1) is 8.44. The summed E-state index contributed by atoms with van der Waals surface area (Å²) in [4.78, 5) is 0.212. The Morgan fingerprint density at radius 3 is 2.56 bits per heavy atom. The molecule has 5 nitrogen and oxygen atoms in total. The van der Waals surface area contributed by atoms with Crippen molar-refractivity contribution in [2.75, 3.05) is 0 Å². The van der Waals surface area contributed by atoms with Gasteiger partial charge in [0, 0.05) is 25.0 Å². The lowest BCUT2D eigenvalue weighted by Crippen LogP contribution is -2.34. The van der Waals surface area contributed by atoms with E-state index >= 15 is 0 Å². The highest BCUT2D eigenvalue weighted by molar-refractivity contribution is 7.89. The second kappa shape index (κ2) is 6.36. The van der Waals surface area contributed by atoms with E-state index in [2.05, 4.69) is 4.72 Å². The summed E-state index contributed by atoms with van der Waals surface area (Å²) in [6.45, 7) is 3.83. The topological polar surface area (TPSA) is 71.3 Å². The third-order valence-corrected chi connectivity index (χ3v) is 4.49. The van der Waals surface area contributed by atoms with Gasteiger partial charge in [0.05, 0.1) is 11.5 Å². The molecule has 0 saturated carbocycles. The molecule has 6 heteroatoms. The van der Waals surface area contributed by atoms with Gasteiger partial charge in [0.25, 0.3) is 0 Å². The van der Waals surface area contributed by atoms with Gasteiger partial charge in [-0.2, -0.15) is 0 Å². The van der Waals surface area contributed by atoms with Crippen molar-refractivity contribution in [3.8, 4) is 0 Å². The van der Waals surface area contributed by atoms with Crippen LogP contribution in [0.2, 0.25) is 0 Å². The fraction of sp³-hybridized carbons (Fsp3) is 0.667. The maximum atomic E-state index is 12.2. The second-order valence-corrected chi connectivity index (χ2v) is 6.17. The third kappa shape index (κ3) is 3.57. The van der Waals surface area contributed by atoms with Crippen LogP contribution in [-0.2, 0) is 23.7 Å². The largest absolute Gasteiger partial charge is 0.390 e. The summed E-state index contributed by atoms with van der Waals surface area (Å²) in [5, 5.41) is 9.07. The van der Waals surface area contributed by atoms with E-state index in [1.165, 1.54) is 12.3 Å². The molecular formula is C12H22N2O3S. The number of aliphatic hydroxyl groups is 1. The molecule has 0 saturated heterocycles. The Bertz CT molecular complexity index is 480. The zero-order valence-electron chi connectivity index (χ0n) is 11.2. The highest BCUT2D eigenvalue weighted by Crippen LogP contribution is 2.15. The van der Waals surface area contributed by atoms with Crippen molar-refractivity contribution < 1.29 is 13.5 Å². The summed E-state index contributed by atoms with van der Waals surface area (Å²) in [6.07, 6.45) is 4.06. The van der Waals surface area contributed by atoms with Crippen LogP contribution >= 0.6 is 0 Å². The molecule has 0 amide bonds. The number of rotatable bonds is 7. The number of hydrogen-bond donors (Lipinski definition) is 2. The fourth-order valence-electron chi connectivity index (χ4n) is 1.86. The van der Waals surface area contributed by atoms with Crippen LogP contribution in [-0.4, -0.2) is 24.1 Å². The van der Waals surface area contributed by atoms with Crippen molar-refractivity contribution in [2.45, 2.75) is 50.7 Å². The predicted molar refractivity (Wildman–Crippen MR) is 70.6 cm³/mol. The van der Waals surface area contributed by atoms with E-state index in [-0.39, 0.29) is 17.5 Å². The predicted octanol–water partition coefficient (Wildman–Crippen LogP) is 1.37. The molecule has 0 aliphatic rings. The van der Waals surface area contributed by atoms with E-state index in [1.807, 2.05) is 13.8 Å². The highest BCUT2D eigenvalue weighted by atomic mass is 32.2. The SMILES string of the molecule is CCCC(CC)NS(=O)(=O)c1cc(CO)n(C)c1. The standard InChI is InChI=1S/C12H22N2O3S/c1-4-6-10(5-2)13-18(16,17)12-7-11(9-15)14(3)8-12/h7-8,10,13,15H,4-6,9H2,1-3H3. The van der Waals surface area contributed by atoms with E-state index in [4.69, 9.17) is 5.11 Å². The van der Waals surface area contributed by atoms with Gasteiger partial charge >= 0.3 is 0 Å². The summed E-state index contributed by atoms with van der Waals surface area (Å²) >= 11 is 0. The average molecular weight is 274 g/mol. The van der Waals surface area contributed by atoms with Crippen LogP contribution in [0.4, 0.5) is 0 Å². The molecule has 2 N–H and O–H groups in total. The molecule has 0 aliphatic heterocycles. The smallest absolute Gasteiger partial charge is 0.242 e. The van der Waals surface area contributed by atoms with Gasteiger partial charge in [0.15, 0.2) is 0 Å². The molecule has 1 atom stereocenters. The van der Waals surface area contributed by atoms with Crippen molar-refractivity contribution in [3.63, 3.8) is 0 Å². The van der Waals surface area contributed by atoms with Gasteiger partial charge in [-0.05, 0) is 18.9 Å². The van der Waals surface area contributed by atoms with Crippen molar-refractivity contribution >= 4 is 10.0 Å². The Kier molecular flexibility index (Phi) is 5.37. The Balaban J connectivity index is 2.91. The second-order valence-electron chi connectivity index (χ2n) is 4.45. The molecule has 0 aromatic carbocycles. The molecule has 1 aromatic rings. The van der Waals surface area contributed by atoms with Crippen LogP contribution in [0.25, 0.3) is 0 Å². The van der Waals surface area contributed by atoms with E-state index in [1.54, 1.807) is 11.6 Å². The molecule has 0 aliphatic carbocycles. The molecule has 0 bridgehead atoms. The molecule has 0 fully saturated rings. The number of hydrogen-bond acceptors (Lipinski definition) is 3. The molecule has 18 heavy (non-hydrogen) atoms. The number of aryl methyl sites for hydroxylation is 1. The van der Waals surface area contributed by atoms with Crippen LogP contribution in [0.3, 0.4) is 0 Å². The molecular weight excluding hydrogens is 252 g/mol. The van der Waals surface area contributed by atoms with Gasteiger partial charge in [0.2, 0.25) is 10.0 Å². The Morgan fingerprint density at radius 1 is 1.44 bits per heavy atom. The van der Waals surface area contributed by atoms with E-state index < -0.39 is 10.0 Å². The summed E-state index contributed by atoms with van der Waals surface area (Å²) < 4.78 is 28.6. The van der Waals surface area contributed by atoms with Crippen LogP contribution in [0.1, 0.15) is 38.8 Å². The average Bonchev–Trinajstić information content (AvgIpc) is 2.70. The van der Waals surface area contributed by atoms with Crippen LogP contribution in [0.5, 0.6) is 0 Å². The first-order valence-electron chi connectivity index (χ1n) is 6.23. The van der Waals surface area contributed by atoms with E-state index in [0.29, 0.717) is 5.69 Å². The van der Waals surface area contributed by atoms with Crippen molar-refractivity contribution in [2.24, 2.45) is 7.05 Å². The molecule has 1 heterocycles. The van der Waals surface area contributed by atoms with Gasteiger partial charge in [0.1, 0.15) is 0 Å². The maximum absolute atomic E-state index is 12.2. The fourth-order valence-corrected chi connectivity index (χ4v) is 3.31. The van der Waals surface area contributed by atoms with Crippen molar-refractivity contribution in [1.82, 2.24) is 9.29 Å². The molecule has 104 valence electrons. The van der Waals surface area contributed by atoms with Gasteiger partial charge in [-0.3, -0.25) is 0 Å². The number of aromatic nitrogens is 1. The lowest BCUT2D eigenvalue weighted by atomic mass is 10.1. The summed E-state index contributed by atoms with van der Waals surface area (Å²) in [7, 11) is -1.77. The first-order valence-corrected chi connectivity index (χ1v) is 7.71. The zero-order chi connectivity index (χ0) is 13.8. The molecule has 0 spiro atoms. The molecule has 1 unspecified atom stereocenters. The number of sulfonamides is 1. The Morgan fingerprint density at radius 2 is 2.11 bits per heavy atom. The molecule has 1 aromatic heterocycles. The quantitative estimate of drug-likeness (QED) is 0.789. The first kappa shape index (κ1) is 15.2. The van der Waals surface area contributed by atoms with Gasteiger partial charge in [-0.1, -0.05) is 20.3 Å². The lowest BCUT2D eigenvalue weighted by Gasteiger charge is -2.15. The minimum atomic E-state index is -3.49. The molecule has 1 rings (SSSR count). The number of aliphatic hydroxyl groups excluding tert-OH is 1. The normalized spacial score (nSPS) is 13.8. The summed E-state index contributed by atoms with van der Waals surface area (Å²) in [5.74, 6) is 0. The summed E-state index contributed by atoms with van der Waals surface area (Å²) in [6, 6.07) is 1.47.